The second-order valence-corrected chi connectivity index (χ2v) is 13.5. The highest BCUT2D eigenvalue weighted by Gasteiger charge is 2.34. The van der Waals surface area contributed by atoms with Gasteiger partial charge < -0.3 is 25.1 Å². The fraction of sp³-hybridized carbons (Fsp3) is 0.684. The van der Waals surface area contributed by atoms with E-state index in [9.17, 15) is 24.3 Å². The van der Waals surface area contributed by atoms with Crippen LogP contribution in [0.2, 0.25) is 0 Å². The third kappa shape index (κ3) is 15.1. The number of hydrogen-bond donors (Lipinski definition) is 2. The summed E-state index contributed by atoms with van der Waals surface area (Å²) in [5.41, 5.74) is 3.57. The first-order valence-electron chi connectivity index (χ1n) is 17.8. The molecule has 0 saturated carbocycles. The minimum absolute atomic E-state index is 0.0433. The molecule has 9 heteroatoms. The second kappa shape index (κ2) is 23.2. The highest BCUT2D eigenvalue weighted by molar-refractivity contribution is 5.96. The highest BCUT2D eigenvalue weighted by atomic mass is 16.4. The van der Waals surface area contributed by atoms with Crippen molar-refractivity contribution in [3.05, 3.63) is 47.0 Å². The van der Waals surface area contributed by atoms with Crippen molar-refractivity contribution in [2.24, 2.45) is 5.92 Å². The van der Waals surface area contributed by atoms with Crippen LogP contribution in [0.4, 0.5) is 0 Å². The third-order valence-corrected chi connectivity index (χ3v) is 8.80. The molecule has 2 N–H and O–H groups in total. The van der Waals surface area contributed by atoms with Gasteiger partial charge in [-0.3, -0.25) is 14.4 Å². The Morgan fingerprint density at radius 3 is 1.94 bits per heavy atom. The maximum atomic E-state index is 12.6. The molecule has 3 aliphatic rings. The van der Waals surface area contributed by atoms with Crippen molar-refractivity contribution < 1.29 is 24.3 Å². The normalized spacial score (nSPS) is 18.3. The Hall–Kier alpha value is -3.20. The molecule has 2 fully saturated rings. The summed E-state index contributed by atoms with van der Waals surface area (Å²) in [4.78, 5) is 51.7. The van der Waals surface area contributed by atoms with Gasteiger partial charge in [0, 0.05) is 25.2 Å². The lowest BCUT2D eigenvalue weighted by atomic mass is 9.92. The van der Waals surface area contributed by atoms with Crippen LogP contribution in [-0.2, 0) is 32.0 Å². The van der Waals surface area contributed by atoms with E-state index in [0.29, 0.717) is 31.4 Å². The average molecular weight is 657 g/mol. The standard InChI is InChI=1S/C17H27N3O5.C10H12.C8H17N.C3H8/c1-11(2)14(19(4)15(22)9-18-10-21)8-12(3)16(23)20-7-5-6-13(20)17(24)25;1-2-6-10-8-4-3-7-9(10)5-1;1-8(2)9-6-4-3-5-7-9;1-3-2/h8,10-11,13-14H,5-7,9H2,1-4H3,(H,18,21)(H,24,25);1-2,5-6H,3-4,7-8H2;8H,3-7H2,1-2H3;3H2,1-2H3/b12-8+;;;/t13?,14-;;;/m1.../s1. The summed E-state index contributed by atoms with van der Waals surface area (Å²) in [6, 6.07) is 8.45. The number of likely N-dealkylation sites (N-methyl/N-ethyl adjacent to an activating group) is 1. The van der Waals surface area contributed by atoms with Crippen LogP contribution in [0.15, 0.2) is 35.9 Å². The van der Waals surface area contributed by atoms with E-state index in [1.807, 2.05) is 13.8 Å². The van der Waals surface area contributed by atoms with Crippen molar-refractivity contribution >= 4 is 24.2 Å². The summed E-state index contributed by atoms with van der Waals surface area (Å²) in [6.45, 7) is 17.3. The number of nitrogens with one attached hydrogen (secondary N) is 1. The minimum Gasteiger partial charge on any atom is -0.480 e. The fourth-order valence-corrected chi connectivity index (χ4v) is 6.10. The Labute approximate surface area is 285 Å². The Balaban J connectivity index is 0.000000403. The molecule has 1 aromatic rings. The van der Waals surface area contributed by atoms with Gasteiger partial charge in [-0.25, -0.2) is 4.79 Å². The summed E-state index contributed by atoms with van der Waals surface area (Å²) in [6.07, 6.45) is 14.2. The van der Waals surface area contributed by atoms with Gasteiger partial charge in [0.25, 0.3) is 0 Å². The second-order valence-electron chi connectivity index (χ2n) is 13.5. The van der Waals surface area contributed by atoms with Crippen LogP contribution in [0.5, 0.6) is 0 Å². The molecule has 2 heterocycles. The van der Waals surface area contributed by atoms with Gasteiger partial charge in [-0.2, -0.15) is 0 Å². The van der Waals surface area contributed by atoms with E-state index in [1.165, 1.54) is 74.3 Å². The molecule has 0 radical (unpaired) electrons. The Bertz CT molecular complexity index is 1090. The van der Waals surface area contributed by atoms with E-state index in [4.69, 9.17) is 0 Å². The number of rotatable bonds is 9. The zero-order valence-corrected chi connectivity index (χ0v) is 30.6. The predicted molar refractivity (Wildman–Crippen MR) is 191 cm³/mol. The van der Waals surface area contributed by atoms with Crippen LogP contribution in [0.25, 0.3) is 0 Å². The van der Waals surface area contributed by atoms with Gasteiger partial charge >= 0.3 is 5.97 Å². The number of carboxylic acids is 1. The number of aliphatic carboxylic acids is 1. The molecule has 9 nitrogen and oxygen atoms in total. The first-order chi connectivity index (χ1) is 22.4. The zero-order valence-electron chi connectivity index (χ0n) is 30.6. The number of carbonyl (C=O) groups is 4. The molecule has 266 valence electrons. The van der Waals surface area contributed by atoms with Gasteiger partial charge in [-0.15, -0.1) is 0 Å². The summed E-state index contributed by atoms with van der Waals surface area (Å²) in [5, 5.41) is 11.6. The SMILES string of the molecule is C/C(=C\[C@H](C(C)C)N(C)C(=O)CNC=O)C(=O)N1CCCC1C(=O)O.CC(C)N1CCCCC1.CCC.c1ccc2c(c1)CCCC2. The van der Waals surface area contributed by atoms with Gasteiger partial charge in [0.2, 0.25) is 18.2 Å². The monoisotopic (exact) mass is 656 g/mol. The van der Waals surface area contributed by atoms with Crippen molar-refractivity contribution in [2.75, 3.05) is 33.2 Å². The summed E-state index contributed by atoms with van der Waals surface area (Å²) in [7, 11) is 1.61. The van der Waals surface area contributed by atoms with Crippen LogP contribution in [0.1, 0.15) is 111 Å². The molecular weight excluding hydrogens is 592 g/mol. The smallest absolute Gasteiger partial charge is 0.326 e. The van der Waals surface area contributed by atoms with Gasteiger partial charge in [-0.1, -0.05) is 70.9 Å². The molecule has 47 heavy (non-hydrogen) atoms. The van der Waals surface area contributed by atoms with Crippen molar-refractivity contribution in [1.82, 2.24) is 20.0 Å². The molecule has 0 bridgehead atoms. The van der Waals surface area contributed by atoms with Crippen molar-refractivity contribution in [3.8, 4) is 0 Å². The summed E-state index contributed by atoms with van der Waals surface area (Å²) in [5.74, 6) is -1.54. The predicted octanol–water partition coefficient (Wildman–Crippen LogP) is 6.10. The molecule has 1 aliphatic carbocycles. The van der Waals surface area contributed by atoms with Crippen LogP contribution in [-0.4, -0.2) is 95.4 Å². The molecule has 2 saturated heterocycles. The Morgan fingerprint density at radius 1 is 0.936 bits per heavy atom. The molecule has 2 aliphatic heterocycles. The number of benzene rings is 1. The molecule has 3 amide bonds. The number of amides is 3. The third-order valence-electron chi connectivity index (χ3n) is 8.80. The maximum Gasteiger partial charge on any atom is 0.326 e. The quantitative estimate of drug-likeness (QED) is 0.246. The van der Waals surface area contributed by atoms with Gasteiger partial charge in [0.1, 0.15) is 6.04 Å². The number of carbonyl (C=O) groups excluding carboxylic acids is 3. The molecule has 0 spiro atoms. The largest absolute Gasteiger partial charge is 0.480 e. The van der Waals surface area contributed by atoms with Crippen LogP contribution in [0, 0.1) is 5.92 Å². The van der Waals surface area contributed by atoms with Crippen molar-refractivity contribution in [3.63, 3.8) is 0 Å². The lowest BCUT2D eigenvalue weighted by molar-refractivity contribution is -0.146. The first kappa shape index (κ1) is 41.8. The number of fused-ring (bicyclic) bond motifs is 1. The van der Waals surface area contributed by atoms with Crippen molar-refractivity contribution in [2.45, 2.75) is 131 Å². The molecule has 1 aromatic carbocycles. The molecule has 4 rings (SSSR count). The van der Waals surface area contributed by atoms with E-state index in [1.54, 1.807) is 31.2 Å². The van der Waals surface area contributed by atoms with Crippen molar-refractivity contribution in [1.29, 1.82) is 0 Å². The van der Waals surface area contributed by atoms with E-state index >= 15 is 0 Å². The molecule has 0 aromatic heterocycles. The number of piperidine rings is 1. The van der Waals surface area contributed by atoms with Crippen LogP contribution in [0.3, 0.4) is 0 Å². The van der Waals surface area contributed by atoms with E-state index < -0.39 is 12.0 Å². The van der Waals surface area contributed by atoms with Crippen LogP contribution < -0.4 is 5.32 Å². The lowest BCUT2D eigenvalue weighted by Crippen LogP contribution is -2.44. The van der Waals surface area contributed by atoms with E-state index in [-0.39, 0.29) is 30.3 Å². The van der Waals surface area contributed by atoms with Gasteiger partial charge in [-0.05, 0) is 102 Å². The minimum atomic E-state index is -0.994. The number of carboxylic acid groups (broad SMARTS) is 1. The van der Waals surface area contributed by atoms with Crippen LogP contribution >= 0.6 is 0 Å². The summed E-state index contributed by atoms with van der Waals surface area (Å²) >= 11 is 0. The van der Waals surface area contributed by atoms with Gasteiger partial charge in [0.15, 0.2) is 0 Å². The fourth-order valence-electron chi connectivity index (χ4n) is 6.10. The Morgan fingerprint density at radius 2 is 1.49 bits per heavy atom. The number of hydrogen-bond acceptors (Lipinski definition) is 5. The highest BCUT2D eigenvalue weighted by Crippen LogP contribution is 2.22. The molecule has 2 atom stereocenters. The summed E-state index contributed by atoms with van der Waals surface area (Å²) < 4.78 is 0. The topological polar surface area (TPSA) is 110 Å². The lowest BCUT2D eigenvalue weighted by Gasteiger charge is -2.30. The van der Waals surface area contributed by atoms with E-state index in [2.05, 4.69) is 62.2 Å². The Kier molecular flexibility index (Phi) is 20.6. The molecule has 1 unspecified atom stereocenters. The average Bonchev–Trinajstić information content (AvgIpc) is 3.57. The number of nitrogens with zero attached hydrogens (tertiary/aromatic N) is 3. The van der Waals surface area contributed by atoms with Gasteiger partial charge in [0.05, 0.1) is 12.6 Å². The maximum absolute atomic E-state index is 12.6. The number of aryl methyl sites for hydroxylation is 2. The molecular formula is C38H64N4O5. The number of likely N-dealkylation sites (tertiary alicyclic amines) is 2. The van der Waals surface area contributed by atoms with E-state index in [0.717, 1.165) is 6.04 Å². The zero-order chi connectivity index (χ0) is 35.4. The first-order valence-corrected chi connectivity index (χ1v) is 17.8.